The number of unbranched alkanes of at least 4 members (excludes halogenated alkanes) is 1. The first-order valence-corrected chi connectivity index (χ1v) is 5.61. The van der Waals surface area contributed by atoms with Crippen LogP contribution >= 0.6 is 28.3 Å². The number of nitrogens with zero attached hydrogens (tertiary/aromatic N) is 1. The van der Waals surface area contributed by atoms with Crippen LogP contribution in [0.25, 0.3) is 0 Å². The molecular weight excluding hydrogens is 277 g/mol. The number of hydrogen-bond donors (Lipinski definition) is 2. The highest BCUT2D eigenvalue weighted by Crippen LogP contribution is 2.22. The molecule has 15 heavy (non-hydrogen) atoms. The van der Waals surface area contributed by atoms with Crippen LogP contribution in [0.2, 0.25) is 0 Å². The molecule has 4 N–H and O–H groups in total. The molecule has 1 aromatic rings. The first kappa shape index (κ1) is 14.8. The number of hydrogen-bond acceptors (Lipinski definition) is 3. The number of aromatic nitrogens is 1. The summed E-state index contributed by atoms with van der Waals surface area (Å²) in [6.45, 7) is 0.737. The van der Waals surface area contributed by atoms with Gasteiger partial charge in [-0.25, -0.2) is 4.98 Å². The molecule has 1 heterocycles. The van der Waals surface area contributed by atoms with E-state index in [1.54, 1.807) is 6.20 Å². The minimum absolute atomic E-state index is 0. The van der Waals surface area contributed by atoms with Crippen LogP contribution in [-0.2, 0) is 0 Å². The van der Waals surface area contributed by atoms with Gasteiger partial charge in [-0.1, -0.05) is 12.5 Å². The second-order valence-corrected chi connectivity index (χ2v) is 4.03. The van der Waals surface area contributed by atoms with Crippen molar-refractivity contribution in [1.82, 2.24) is 4.98 Å². The van der Waals surface area contributed by atoms with Gasteiger partial charge < -0.3 is 11.5 Å². The molecule has 1 rings (SSSR count). The molecule has 5 heteroatoms. The molecule has 0 aromatic carbocycles. The molecule has 0 aliphatic carbocycles. The van der Waals surface area contributed by atoms with Crippen LogP contribution in [0.1, 0.15) is 30.9 Å². The van der Waals surface area contributed by atoms with Crippen LogP contribution in [0, 0.1) is 0 Å². The van der Waals surface area contributed by atoms with Gasteiger partial charge in [0, 0.05) is 17.8 Å². The Morgan fingerprint density at radius 1 is 1.40 bits per heavy atom. The molecule has 0 radical (unpaired) electrons. The Kier molecular flexibility index (Phi) is 7.96. The fraction of sp³-hybridized carbons (Fsp3) is 0.500. The molecule has 0 unspecified atom stereocenters. The predicted molar refractivity (Wildman–Crippen MR) is 69.0 cm³/mol. The van der Waals surface area contributed by atoms with Crippen molar-refractivity contribution in [2.45, 2.75) is 25.3 Å². The van der Waals surface area contributed by atoms with Gasteiger partial charge in [-0.3, -0.25) is 0 Å². The summed E-state index contributed by atoms with van der Waals surface area (Å²) in [7, 11) is 0. The van der Waals surface area contributed by atoms with Gasteiger partial charge >= 0.3 is 0 Å². The van der Waals surface area contributed by atoms with Crippen molar-refractivity contribution in [1.29, 1.82) is 0 Å². The monoisotopic (exact) mass is 293 g/mol. The fourth-order valence-electron chi connectivity index (χ4n) is 1.34. The van der Waals surface area contributed by atoms with Crippen molar-refractivity contribution in [3.05, 3.63) is 28.5 Å². The Bertz CT molecular complexity index is 283. The summed E-state index contributed by atoms with van der Waals surface area (Å²) in [6, 6.07) is 3.97. The highest BCUT2D eigenvalue weighted by molar-refractivity contribution is 9.10. The molecule has 86 valence electrons. The van der Waals surface area contributed by atoms with Crippen molar-refractivity contribution >= 4 is 28.3 Å². The van der Waals surface area contributed by atoms with E-state index in [2.05, 4.69) is 20.9 Å². The van der Waals surface area contributed by atoms with Gasteiger partial charge in [-0.2, -0.15) is 0 Å². The zero-order valence-electron chi connectivity index (χ0n) is 8.53. The van der Waals surface area contributed by atoms with Gasteiger partial charge in [0.1, 0.15) is 4.60 Å². The van der Waals surface area contributed by atoms with E-state index in [-0.39, 0.29) is 18.4 Å². The molecule has 0 aliphatic rings. The number of pyridine rings is 1. The topological polar surface area (TPSA) is 64.9 Å². The Balaban J connectivity index is 0.00000196. The zero-order chi connectivity index (χ0) is 10.4. The van der Waals surface area contributed by atoms with Gasteiger partial charge in [0.25, 0.3) is 0 Å². The first-order valence-electron chi connectivity index (χ1n) is 4.81. The zero-order valence-corrected chi connectivity index (χ0v) is 10.9. The summed E-state index contributed by atoms with van der Waals surface area (Å²) in [5, 5.41) is 0. The molecule has 0 aliphatic heterocycles. The molecule has 1 aromatic heterocycles. The van der Waals surface area contributed by atoms with Crippen molar-refractivity contribution in [3.8, 4) is 0 Å². The highest BCUT2D eigenvalue weighted by atomic mass is 79.9. The van der Waals surface area contributed by atoms with Gasteiger partial charge in [0.2, 0.25) is 0 Å². The van der Waals surface area contributed by atoms with E-state index < -0.39 is 0 Å². The first-order chi connectivity index (χ1) is 6.75. The van der Waals surface area contributed by atoms with E-state index in [1.807, 2.05) is 12.1 Å². The van der Waals surface area contributed by atoms with E-state index in [0.717, 1.165) is 36.0 Å². The number of rotatable bonds is 5. The van der Waals surface area contributed by atoms with Gasteiger partial charge in [-0.05, 0) is 41.4 Å². The van der Waals surface area contributed by atoms with Crippen molar-refractivity contribution in [2.24, 2.45) is 11.5 Å². The molecule has 0 saturated heterocycles. The molecule has 0 saturated carbocycles. The van der Waals surface area contributed by atoms with Crippen LogP contribution in [-0.4, -0.2) is 11.5 Å². The smallest absolute Gasteiger partial charge is 0.110 e. The van der Waals surface area contributed by atoms with E-state index in [0.29, 0.717) is 0 Å². The van der Waals surface area contributed by atoms with E-state index in [4.69, 9.17) is 11.5 Å². The van der Waals surface area contributed by atoms with Crippen molar-refractivity contribution in [3.63, 3.8) is 0 Å². The van der Waals surface area contributed by atoms with Crippen molar-refractivity contribution < 1.29 is 0 Å². The standard InChI is InChI=1S/C10H16BrN3.ClH/c11-10-8(4-3-7-14-10)9(13)5-1-2-6-12;/h3-4,7,9H,1-2,5-6,12-13H2;1H/t9-;/m0./s1. The van der Waals surface area contributed by atoms with Gasteiger partial charge in [0.15, 0.2) is 0 Å². The largest absolute Gasteiger partial charge is 0.330 e. The Morgan fingerprint density at radius 2 is 2.13 bits per heavy atom. The summed E-state index contributed by atoms with van der Waals surface area (Å²) >= 11 is 3.39. The van der Waals surface area contributed by atoms with Crippen LogP contribution < -0.4 is 11.5 Å². The van der Waals surface area contributed by atoms with Gasteiger partial charge in [-0.15, -0.1) is 12.4 Å². The molecular formula is C10H17BrClN3. The number of nitrogens with two attached hydrogens (primary N) is 2. The Hall–Kier alpha value is -0.160. The molecule has 3 nitrogen and oxygen atoms in total. The summed E-state index contributed by atoms with van der Waals surface area (Å²) in [5.74, 6) is 0. The van der Waals surface area contributed by atoms with Crippen LogP contribution in [0.3, 0.4) is 0 Å². The van der Waals surface area contributed by atoms with E-state index >= 15 is 0 Å². The minimum Gasteiger partial charge on any atom is -0.330 e. The van der Waals surface area contributed by atoms with Crippen molar-refractivity contribution in [2.75, 3.05) is 6.54 Å². The second-order valence-electron chi connectivity index (χ2n) is 3.27. The molecule has 1 atom stereocenters. The molecule has 0 spiro atoms. The van der Waals surface area contributed by atoms with Crippen LogP contribution in [0.4, 0.5) is 0 Å². The predicted octanol–water partition coefficient (Wildman–Crippen LogP) is 2.39. The van der Waals surface area contributed by atoms with E-state index in [1.165, 1.54) is 0 Å². The maximum absolute atomic E-state index is 6.03. The quantitative estimate of drug-likeness (QED) is 0.647. The minimum atomic E-state index is 0. The maximum Gasteiger partial charge on any atom is 0.110 e. The summed E-state index contributed by atoms with van der Waals surface area (Å²) < 4.78 is 0.847. The molecule has 0 amide bonds. The number of halogens is 2. The lowest BCUT2D eigenvalue weighted by Crippen LogP contribution is -2.12. The normalized spacial score (nSPS) is 11.9. The summed E-state index contributed by atoms with van der Waals surface area (Å²) in [5.41, 5.74) is 12.5. The Labute approximate surface area is 105 Å². The Morgan fingerprint density at radius 3 is 2.73 bits per heavy atom. The van der Waals surface area contributed by atoms with E-state index in [9.17, 15) is 0 Å². The fourth-order valence-corrected chi connectivity index (χ4v) is 1.88. The SMILES string of the molecule is Cl.NCCCC[C@H](N)c1cccnc1Br. The molecule has 0 bridgehead atoms. The summed E-state index contributed by atoms with van der Waals surface area (Å²) in [4.78, 5) is 4.14. The average molecular weight is 295 g/mol. The van der Waals surface area contributed by atoms with Crippen LogP contribution in [0.15, 0.2) is 22.9 Å². The third kappa shape index (κ3) is 4.93. The average Bonchev–Trinajstić information content (AvgIpc) is 2.18. The maximum atomic E-state index is 6.03. The summed E-state index contributed by atoms with van der Waals surface area (Å²) in [6.07, 6.45) is 4.81. The van der Waals surface area contributed by atoms with Gasteiger partial charge in [0.05, 0.1) is 0 Å². The van der Waals surface area contributed by atoms with Crippen LogP contribution in [0.5, 0.6) is 0 Å². The third-order valence-electron chi connectivity index (χ3n) is 2.16. The highest BCUT2D eigenvalue weighted by Gasteiger charge is 2.09. The third-order valence-corrected chi connectivity index (χ3v) is 2.82. The second kappa shape index (κ2) is 8.05. The lowest BCUT2D eigenvalue weighted by molar-refractivity contribution is 0.587. The molecule has 0 fully saturated rings. The lowest BCUT2D eigenvalue weighted by Gasteiger charge is -2.12. The lowest BCUT2D eigenvalue weighted by atomic mass is 10.0.